The van der Waals surface area contributed by atoms with Gasteiger partial charge >= 0.3 is 0 Å². The van der Waals surface area contributed by atoms with Crippen molar-refractivity contribution < 1.29 is 4.52 Å². The average Bonchev–Trinajstić information content (AvgIpc) is 3.15. The standard InChI is InChI=1S/C15H23N3O/c1-15(5-2-6-16-9-15)14-17-13(18-19-14)12-8-10-3-4-11(12)7-10/h10-12,16H,2-9H2,1H3. The molecule has 1 aliphatic heterocycles. The first-order chi connectivity index (χ1) is 9.24. The average molecular weight is 261 g/mol. The molecule has 1 aromatic rings. The van der Waals surface area contributed by atoms with Gasteiger partial charge in [-0.15, -0.1) is 0 Å². The maximum Gasteiger partial charge on any atom is 0.233 e. The van der Waals surface area contributed by atoms with Crippen LogP contribution in [-0.4, -0.2) is 23.2 Å². The van der Waals surface area contributed by atoms with Crippen molar-refractivity contribution in [1.82, 2.24) is 15.5 Å². The van der Waals surface area contributed by atoms with Gasteiger partial charge in [-0.2, -0.15) is 4.98 Å². The van der Waals surface area contributed by atoms with Gasteiger partial charge in [0.15, 0.2) is 5.82 Å². The number of hydrogen-bond donors (Lipinski definition) is 1. The van der Waals surface area contributed by atoms with Gasteiger partial charge in [-0.1, -0.05) is 11.6 Å². The van der Waals surface area contributed by atoms with E-state index in [0.29, 0.717) is 5.92 Å². The van der Waals surface area contributed by atoms with Crippen LogP contribution in [0.3, 0.4) is 0 Å². The van der Waals surface area contributed by atoms with Crippen molar-refractivity contribution in [2.24, 2.45) is 11.8 Å². The van der Waals surface area contributed by atoms with E-state index in [1.54, 1.807) is 0 Å². The zero-order chi connectivity index (χ0) is 12.9. The molecule has 4 unspecified atom stereocenters. The topological polar surface area (TPSA) is 51.0 Å². The number of fused-ring (bicyclic) bond motifs is 2. The summed E-state index contributed by atoms with van der Waals surface area (Å²) in [6.45, 7) is 4.32. The van der Waals surface area contributed by atoms with Gasteiger partial charge in [0.1, 0.15) is 0 Å². The minimum Gasteiger partial charge on any atom is -0.339 e. The highest BCUT2D eigenvalue weighted by Crippen LogP contribution is 2.52. The van der Waals surface area contributed by atoms with E-state index >= 15 is 0 Å². The summed E-state index contributed by atoms with van der Waals surface area (Å²) in [5.74, 6) is 4.19. The largest absolute Gasteiger partial charge is 0.339 e. The van der Waals surface area contributed by atoms with Gasteiger partial charge in [-0.25, -0.2) is 0 Å². The molecule has 2 bridgehead atoms. The van der Waals surface area contributed by atoms with Gasteiger partial charge in [-0.3, -0.25) is 0 Å². The quantitative estimate of drug-likeness (QED) is 0.889. The number of piperidine rings is 1. The summed E-state index contributed by atoms with van der Waals surface area (Å²) in [6, 6.07) is 0. The van der Waals surface area contributed by atoms with E-state index < -0.39 is 0 Å². The SMILES string of the molecule is CC1(c2nc(C3CC4CCC3C4)no2)CCCNC1. The number of rotatable bonds is 2. The summed E-state index contributed by atoms with van der Waals surface area (Å²) in [5, 5.41) is 7.78. The number of hydrogen-bond acceptors (Lipinski definition) is 4. The summed E-state index contributed by atoms with van der Waals surface area (Å²) in [6.07, 6.45) is 7.83. The van der Waals surface area contributed by atoms with E-state index in [0.717, 1.165) is 43.1 Å². The van der Waals surface area contributed by atoms with Crippen molar-refractivity contribution in [3.05, 3.63) is 11.7 Å². The predicted molar refractivity (Wildman–Crippen MR) is 71.9 cm³/mol. The molecular formula is C15H23N3O. The molecule has 4 nitrogen and oxygen atoms in total. The van der Waals surface area contributed by atoms with Crippen molar-refractivity contribution in [3.63, 3.8) is 0 Å². The summed E-state index contributed by atoms with van der Waals surface area (Å²) in [4.78, 5) is 4.79. The maximum atomic E-state index is 5.63. The van der Waals surface area contributed by atoms with Crippen LogP contribution < -0.4 is 5.32 Å². The monoisotopic (exact) mass is 261 g/mol. The molecule has 4 rings (SSSR count). The molecule has 0 amide bonds. The van der Waals surface area contributed by atoms with E-state index in [9.17, 15) is 0 Å². The predicted octanol–water partition coefficient (Wildman–Crippen LogP) is 2.61. The molecule has 2 aliphatic carbocycles. The molecule has 19 heavy (non-hydrogen) atoms. The van der Waals surface area contributed by atoms with Crippen LogP contribution in [0, 0.1) is 11.8 Å². The second kappa shape index (κ2) is 4.30. The Labute approximate surface area is 114 Å². The lowest BCUT2D eigenvalue weighted by molar-refractivity contribution is 0.244. The third-order valence-electron chi connectivity index (χ3n) is 5.63. The van der Waals surface area contributed by atoms with E-state index in [2.05, 4.69) is 17.4 Å². The fraction of sp³-hybridized carbons (Fsp3) is 0.867. The smallest absolute Gasteiger partial charge is 0.233 e. The van der Waals surface area contributed by atoms with Crippen molar-refractivity contribution in [2.45, 2.75) is 56.8 Å². The molecule has 3 fully saturated rings. The highest BCUT2D eigenvalue weighted by atomic mass is 16.5. The Balaban J connectivity index is 1.56. The van der Waals surface area contributed by atoms with Gasteiger partial charge in [-0.05, 0) is 57.4 Å². The van der Waals surface area contributed by atoms with Crippen LogP contribution in [-0.2, 0) is 5.41 Å². The Kier molecular flexibility index (Phi) is 2.69. The first kappa shape index (κ1) is 11.9. The van der Waals surface area contributed by atoms with Gasteiger partial charge in [0, 0.05) is 12.5 Å². The third kappa shape index (κ3) is 1.92. The molecule has 2 heterocycles. The van der Waals surface area contributed by atoms with Crippen LogP contribution in [0.5, 0.6) is 0 Å². The molecule has 4 atom stereocenters. The highest BCUT2D eigenvalue weighted by Gasteiger charge is 2.43. The molecule has 2 saturated carbocycles. The molecule has 0 radical (unpaired) electrons. The fourth-order valence-electron chi connectivity index (χ4n) is 4.43. The van der Waals surface area contributed by atoms with Crippen molar-refractivity contribution in [2.75, 3.05) is 13.1 Å². The first-order valence-electron chi connectivity index (χ1n) is 7.79. The van der Waals surface area contributed by atoms with Crippen molar-refractivity contribution >= 4 is 0 Å². The van der Waals surface area contributed by atoms with Crippen LogP contribution in [0.2, 0.25) is 0 Å². The maximum absolute atomic E-state index is 5.63. The van der Waals surface area contributed by atoms with E-state index in [-0.39, 0.29) is 5.41 Å². The Morgan fingerprint density at radius 2 is 2.26 bits per heavy atom. The minimum absolute atomic E-state index is 0.0428. The van der Waals surface area contributed by atoms with Gasteiger partial charge < -0.3 is 9.84 Å². The van der Waals surface area contributed by atoms with Crippen molar-refractivity contribution in [1.29, 1.82) is 0 Å². The lowest BCUT2D eigenvalue weighted by Gasteiger charge is -2.30. The summed E-state index contributed by atoms with van der Waals surface area (Å²) in [5.41, 5.74) is 0.0428. The molecule has 104 valence electrons. The van der Waals surface area contributed by atoms with Crippen molar-refractivity contribution in [3.8, 4) is 0 Å². The second-order valence-electron chi connectivity index (χ2n) is 7.08. The van der Waals surface area contributed by atoms with Gasteiger partial charge in [0.05, 0.1) is 5.41 Å². The van der Waals surface area contributed by atoms with Crippen LogP contribution >= 0.6 is 0 Å². The van der Waals surface area contributed by atoms with E-state index in [1.165, 1.54) is 32.1 Å². The van der Waals surface area contributed by atoms with Gasteiger partial charge in [0.25, 0.3) is 0 Å². The fourth-order valence-corrected chi connectivity index (χ4v) is 4.43. The molecule has 0 aromatic carbocycles. The summed E-state index contributed by atoms with van der Waals surface area (Å²) < 4.78 is 5.63. The molecule has 1 N–H and O–H groups in total. The van der Waals surface area contributed by atoms with Crippen LogP contribution in [0.1, 0.15) is 63.1 Å². The molecule has 0 spiro atoms. The van der Waals surface area contributed by atoms with E-state index in [4.69, 9.17) is 9.51 Å². The molecule has 3 aliphatic rings. The zero-order valence-electron chi connectivity index (χ0n) is 11.7. The number of aromatic nitrogens is 2. The van der Waals surface area contributed by atoms with Gasteiger partial charge in [0.2, 0.25) is 5.89 Å². The lowest BCUT2D eigenvalue weighted by Crippen LogP contribution is -2.41. The Hall–Kier alpha value is -0.900. The number of nitrogens with zero attached hydrogens (tertiary/aromatic N) is 2. The first-order valence-corrected chi connectivity index (χ1v) is 7.79. The normalized spacial score (nSPS) is 41.8. The lowest BCUT2D eigenvalue weighted by atomic mass is 9.82. The van der Waals surface area contributed by atoms with Crippen LogP contribution in [0.25, 0.3) is 0 Å². The molecule has 4 heteroatoms. The Morgan fingerprint density at radius 3 is 2.95 bits per heavy atom. The molecule has 1 saturated heterocycles. The molecule has 1 aromatic heterocycles. The summed E-state index contributed by atoms with van der Waals surface area (Å²) >= 11 is 0. The van der Waals surface area contributed by atoms with Crippen LogP contribution in [0.15, 0.2) is 4.52 Å². The van der Waals surface area contributed by atoms with Crippen LogP contribution in [0.4, 0.5) is 0 Å². The minimum atomic E-state index is 0.0428. The zero-order valence-corrected chi connectivity index (χ0v) is 11.7. The Bertz CT molecular complexity index is 464. The van der Waals surface area contributed by atoms with E-state index in [1.807, 2.05) is 0 Å². The molecular weight excluding hydrogens is 238 g/mol. The third-order valence-corrected chi connectivity index (χ3v) is 5.63. The highest BCUT2D eigenvalue weighted by molar-refractivity contribution is 5.11. The summed E-state index contributed by atoms with van der Waals surface area (Å²) in [7, 11) is 0. The second-order valence-corrected chi connectivity index (χ2v) is 7.08. The Morgan fingerprint density at radius 1 is 1.32 bits per heavy atom. The number of nitrogens with one attached hydrogen (secondary N) is 1.